The van der Waals surface area contributed by atoms with Crippen LogP contribution in [0.2, 0.25) is 0 Å². The van der Waals surface area contributed by atoms with E-state index in [-0.39, 0.29) is 11.7 Å². The zero-order valence-electron chi connectivity index (χ0n) is 17.4. The Balaban J connectivity index is 1.42. The SMILES string of the molecule is C=C(C)c1cccc(-c2ccc(C(=O)Nc3ccc(N4CCC(NC)C4)cc3)o2)c1. The molecule has 1 amide bonds. The molecular weight excluding hydrogens is 374 g/mol. The van der Waals surface area contributed by atoms with Crippen LogP contribution in [0.3, 0.4) is 0 Å². The second-order valence-corrected chi connectivity index (χ2v) is 7.75. The summed E-state index contributed by atoms with van der Waals surface area (Å²) in [5.41, 5.74) is 4.87. The van der Waals surface area contributed by atoms with E-state index in [2.05, 4.69) is 22.1 Å². The van der Waals surface area contributed by atoms with Crippen LogP contribution in [-0.2, 0) is 0 Å². The van der Waals surface area contributed by atoms with E-state index in [4.69, 9.17) is 4.42 Å². The van der Waals surface area contributed by atoms with E-state index in [1.807, 2.05) is 68.6 Å². The van der Waals surface area contributed by atoms with E-state index in [1.165, 1.54) is 5.69 Å². The third-order valence-electron chi connectivity index (χ3n) is 5.56. The van der Waals surface area contributed by atoms with Crippen LogP contribution in [0.1, 0.15) is 29.5 Å². The van der Waals surface area contributed by atoms with Crippen molar-refractivity contribution >= 4 is 22.9 Å². The lowest BCUT2D eigenvalue weighted by Crippen LogP contribution is -2.29. The Labute approximate surface area is 177 Å². The summed E-state index contributed by atoms with van der Waals surface area (Å²) in [6.07, 6.45) is 1.14. The summed E-state index contributed by atoms with van der Waals surface area (Å²) in [7, 11) is 2.00. The molecule has 2 heterocycles. The van der Waals surface area contributed by atoms with Crippen molar-refractivity contribution in [3.63, 3.8) is 0 Å². The van der Waals surface area contributed by atoms with E-state index >= 15 is 0 Å². The third kappa shape index (κ3) is 4.31. The predicted molar refractivity (Wildman–Crippen MR) is 123 cm³/mol. The molecule has 0 aliphatic carbocycles. The first-order valence-corrected chi connectivity index (χ1v) is 10.2. The Morgan fingerprint density at radius 2 is 1.93 bits per heavy atom. The summed E-state index contributed by atoms with van der Waals surface area (Å²) in [6.45, 7) is 7.99. The maximum atomic E-state index is 12.6. The summed E-state index contributed by atoms with van der Waals surface area (Å²) in [6, 6.07) is 20.0. The van der Waals surface area contributed by atoms with Crippen molar-refractivity contribution in [2.45, 2.75) is 19.4 Å². The van der Waals surface area contributed by atoms with Gasteiger partial charge in [0.1, 0.15) is 5.76 Å². The van der Waals surface area contributed by atoms with Gasteiger partial charge in [0.05, 0.1) is 0 Å². The molecule has 0 bridgehead atoms. The van der Waals surface area contributed by atoms with Gasteiger partial charge in [0.25, 0.3) is 5.91 Å². The number of furan rings is 1. The quantitative estimate of drug-likeness (QED) is 0.608. The molecule has 1 atom stereocenters. The number of nitrogens with zero attached hydrogens (tertiary/aromatic N) is 1. The van der Waals surface area contributed by atoms with Crippen molar-refractivity contribution in [2.24, 2.45) is 0 Å². The Morgan fingerprint density at radius 3 is 2.63 bits per heavy atom. The highest BCUT2D eigenvalue weighted by atomic mass is 16.3. The molecule has 1 fully saturated rings. The number of benzene rings is 2. The highest BCUT2D eigenvalue weighted by molar-refractivity contribution is 6.02. The van der Waals surface area contributed by atoms with Crippen LogP contribution in [0.15, 0.2) is 71.7 Å². The molecule has 5 heteroatoms. The lowest BCUT2D eigenvalue weighted by molar-refractivity contribution is 0.0997. The fourth-order valence-corrected chi connectivity index (χ4v) is 3.73. The van der Waals surface area contributed by atoms with Crippen molar-refractivity contribution in [3.8, 4) is 11.3 Å². The minimum absolute atomic E-state index is 0.263. The van der Waals surface area contributed by atoms with E-state index in [9.17, 15) is 4.79 Å². The Hall–Kier alpha value is -3.31. The van der Waals surface area contributed by atoms with Crippen LogP contribution < -0.4 is 15.5 Å². The molecule has 1 aliphatic rings. The lowest BCUT2D eigenvalue weighted by Gasteiger charge is -2.19. The van der Waals surface area contributed by atoms with Gasteiger partial charge in [0, 0.05) is 36.1 Å². The van der Waals surface area contributed by atoms with Gasteiger partial charge in [-0.15, -0.1) is 0 Å². The summed E-state index contributed by atoms with van der Waals surface area (Å²) in [4.78, 5) is 15.0. The van der Waals surface area contributed by atoms with E-state index in [0.29, 0.717) is 11.8 Å². The van der Waals surface area contributed by atoms with E-state index < -0.39 is 0 Å². The van der Waals surface area contributed by atoms with E-state index in [1.54, 1.807) is 6.07 Å². The summed E-state index contributed by atoms with van der Waals surface area (Å²) in [5.74, 6) is 0.680. The molecule has 2 aromatic carbocycles. The lowest BCUT2D eigenvalue weighted by atomic mass is 10.0. The fraction of sp³-hybridized carbons (Fsp3) is 0.240. The number of hydrogen-bond acceptors (Lipinski definition) is 4. The van der Waals surface area contributed by atoms with Gasteiger partial charge in [-0.1, -0.05) is 30.4 Å². The minimum atomic E-state index is -0.263. The second kappa shape index (κ2) is 8.59. The Kier molecular flexibility index (Phi) is 5.72. The van der Waals surface area contributed by atoms with Crippen molar-refractivity contribution < 1.29 is 9.21 Å². The van der Waals surface area contributed by atoms with Gasteiger partial charge in [0.2, 0.25) is 0 Å². The second-order valence-electron chi connectivity index (χ2n) is 7.75. The molecule has 2 N–H and O–H groups in total. The molecule has 1 unspecified atom stereocenters. The van der Waals surface area contributed by atoms with Gasteiger partial charge in [-0.3, -0.25) is 4.79 Å². The summed E-state index contributed by atoms with van der Waals surface area (Å²) < 4.78 is 5.81. The van der Waals surface area contributed by atoms with Crippen LogP contribution in [0.25, 0.3) is 16.9 Å². The number of anilines is 2. The average Bonchev–Trinajstić information content (AvgIpc) is 3.44. The van der Waals surface area contributed by atoms with Gasteiger partial charge in [-0.2, -0.15) is 0 Å². The highest BCUT2D eigenvalue weighted by Gasteiger charge is 2.21. The zero-order chi connectivity index (χ0) is 21.1. The smallest absolute Gasteiger partial charge is 0.291 e. The maximum Gasteiger partial charge on any atom is 0.291 e. The van der Waals surface area contributed by atoms with Crippen molar-refractivity contribution in [1.29, 1.82) is 0 Å². The number of likely N-dealkylation sites (N-methyl/N-ethyl adjacent to an activating group) is 1. The number of amides is 1. The Bertz CT molecular complexity index is 1050. The number of allylic oxidation sites excluding steroid dienone is 1. The first-order valence-electron chi connectivity index (χ1n) is 10.2. The predicted octanol–water partition coefficient (Wildman–Crippen LogP) is 5.03. The number of carbonyl (C=O) groups is 1. The third-order valence-corrected chi connectivity index (χ3v) is 5.56. The largest absolute Gasteiger partial charge is 0.451 e. The fourth-order valence-electron chi connectivity index (χ4n) is 3.73. The van der Waals surface area contributed by atoms with Gasteiger partial charge in [-0.25, -0.2) is 0 Å². The van der Waals surface area contributed by atoms with Crippen molar-refractivity contribution in [2.75, 3.05) is 30.4 Å². The van der Waals surface area contributed by atoms with Crippen molar-refractivity contribution in [3.05, 3.63) is 78.6 Å². The summed E-state index contributed by atoms with van der Waals surface area (Å²) >= 11 is 0. The van der Waals surface area contributed by atoms with Crippen molar-refractivity contribution in [1.82, 2.24) is 5.32 Å². The molecule has 1 aromatic heterocycles. The number of carbonyl (C=O) groups excluding carboxylic acids is 1. The standard InChI is InChI=1S/C25H27N3O2/c1-17(2)18-5-4-6-19(15-18)23-11-12-24(30-23)25(29)27-20-7-9-22(10-8-20)28-14-13-21(16-28)26-3/h4-12,15,21,26H,1,13-14,16H2,2-3H3,(H,27,29). The van der Waals surface area contributed by atoms with Crippen LogP contribution in [-0.4, -0.2) is 32.1 Å². The Morgan fingerprint density at radius 1 is 1.13 bits per heavy atom. The van der Waals surface area contributed by atoms with E-state index in [0.717, 1.165) is 41.9 Å². The van der Waals surface area contributed by atoms with Crippen LogP contribution >= 0.6 is 0 Å². The highest BCUT2D eigenvalue weighted by Crippen LogP contribution is 2.26. The molecule has 0 spiro atoms. The molecule has 154 valence electrons. The summed E-state index contributed by atoms with van der Waals surface area (Å²) in [5, 5.41) is 6.24. The molecule has 4 rings (SSSR count). The monoisotopic (exact) mass is 401 g/mol. The average molecular weight is 402 g/mol. The van der Waals surface area contributed by atoms with Gasteiger partial charge in [-0.05, 0) is 68.4 Å². The molecule has 1 saturated heterocycles. The number of hydrogen-bond donors (Lipinski definition) is 2. The molecule has 0 radical (unpaired) electrons. The van der Waals surface area contributed by atoms with Crippen LogP contribution in [0.5, 0.6) is 0 Å². The molecule has 5 nitrogen and oxygen atoms in total. The molecule has 30 heavy (non-hydrogen) atoms. The van der Waals surface area contributed by atoms with Gasteiger partial charge < -0.3 is 20.0 Å². The van der Waals surface area contributed by atoms with Gasteiger partial charge in [0.15, 0.2) is 5.76 Å². The normalized spacial score (nSPS) is 15.9. The molecular formula is C25H27N3O2. The molecule has 1 aliphatic heterocycles. The topological polar surface area (TPSA) is 57.5 Å². The first-order chi connectivity index (χ1) is 14.5. The minimum Gasteiger partial charge on any atom is -0.451 e. The van der Waals surface area contributed by atoms with Crippen LogP contribution in [0.4, 0.5) is 11.4 Å². The van der Waals surface area contributed by atoms with Crippen LogP contribution in [0, 0.1) is 0 Å². The molecule has 0 saturated carbocycles. The number of nitrogens with one attached hydrogen (secondary N) is 2. The maximum absolute atomic E-state index is 12.6. The molecule has 3 aromatic rings. The number of rotatable bonds is 6. The first kappa shape index (κ1) is 20.0. The zero-order valence-corrected chi connectivity index (χ0v) is 17.4. The van der Waals surface area contributed by atoms with Gasteiger partial charge >= 0.3 is 0 Å².